The predicted octanol–water partition coefficient (Wildman–Crippen LogP) is 3.99. The molecule has 1 fully saturated rings. The lowest BCUT2D eigenvalue weighted by atomic mass is 9.87. The molecule has 30 heavy (non-hydrogen) atoms. The summed E-state index contributed by atoms with van der Waals surface area (Å²) in [5, 5.41) is 0.575. The number of carbonyl (C=O) groups excluding carboxylic acids is 2. The number of ether oxygens (including phenoxy) is 2. The minimum atomic E-state index is -0.454. The third-order valence-corrected chi connectivity index (χ3v) is 6.16. The van der Waals surface area contributed by atoms with Crippen LogP contribution in [-0.4, -0.2) is 42.7 Å². The number of nitrogens with zero attached hydrogens (tertiary/aromatic N) is 1. The van der Waals surface area contributed by atoms with E-state index in [4.69, 9.17) is 26.8 Å². The van der Waals surface area contributed by atoms with Gasteiger partial charge in [-0.25, -0.2) is 4.79 Å². The third-order valence-electron chi connectivity index (χ3n) is 5.94. The molecular weight excluding hydrogens is 404 g/mol. The van der Waals surface area contributed by atoms with E-state index in [1.54, 1.807) is 11.0 Å². The van der Waals surface area contributed by atoms with E-state index in [2.05, 4.69) is 0 Å². The fourth-order valence-corrected chi connectivity index (χ4v) is 4.70. The van der Waals surface area contributed by atoms with Crippen molar-refractivity contribution in [2.75, 3.05) is 19.7 Å². The molecule has 2 N–H and O–H groups in total. The van der Waals surface area contributed by atoms with Gasteiger partial charge in [0, 0.05) is 36.0 Å². The second kappa shape index (κ2) is 8.56. The first-order valence-electron chi connectivity index (χ1n) is 10.2. The van der Waals surface area contributed by atoms with Gasteiger partial charge in [0.15, 0.2) is 0 Å². The Balaban J connectivity index is 1.57. The molecule has 2 aliphatic heterocycles. The summed E-state index contributed by atoms with van der Waals surface area (Å²) in [6.45, 7) is 3.26. The molecule has 3 unspecified atom stereocenters. The van der Waals surface area contributed by atoms with Crippen molar-refractivity contribution in [1.82, 2.24) is 4.90 Å². The number of esters is 1. The van der Waals surface area contributed by atoms with Crippen molar-refractivity contribution in [3.8, 4) is 5.75 Å². The summed E-state index contributed by atoms with van der Waals surface area (Å²) in [5.41, 5.74) is 8.22. The van der Waals surface area contributed by atoms with Gasteiger partial charge in [-0.05, 0) is 36.6 Å². The number of piperidine rings is 1. The Kier molecular flexibility index (Phi) is 5.86. The zero-order chi connectivity index (χ0) is 21.3. The highest BCUT2D eigenvalue weighted by atomic mass is 35.5. The molecule has 0 aromatic heterocycles. The number of amides is 2. The second-order valence-corrected chi connectivity index (χ2v) is 8.33. The lowest BCUT2D eigenvalue weighted by Gasteiger charge is -2.38. The van der Waals surface area contributed by atoms with Crippen LogP contribution in [0.3, 0.4) is 0 Å². The van der Waals surface area contributed by atoms with Gasteiger partial charge in [0.25, 0.3) is 0 Å². The van der Waals surface area contributed by atoms with Crippen LogP contribution in [0.2, 0.25) is 5.02 Å². The molecule has 7 heteroatoms. The average Bonchev–Trinajstić information content (AvgIpc) is 2.74. The van der Waals surface area contributed by atoms with Gasteiger partial charge >= 0.3 is 12.0 Å². The molecule has 2 aromatic carbocycles. The summed E-state index contributed by atoms with van der Waals surface area (Å²) in [4.78, 5) is 26.5. The van der Waals surface area contributed by atoms with Gasteiger partial charge in [0.05, 0.1) is 12.5 Å². The van der Waals surface area contributed by atoms with Crippen molar-refractivity contribution in [3.63, 3.8) is 0 Å². The van der Waals surface area contributed by atoms with Crippen LogP contribution in [0.4, 0.5) is 4.79 Å². The summed E-state index contributed by atoms with van der Waals surface area (Å²) in [7, 11) is 0. The van der Waals surface area contributed by atoms with Gasteiger partial charge in [-0.1, -0.05) is 41.9 Å². The van der Waals surface area contributed by atoms with E-state index >= 15 is 0 Å². The molecule has 0 spiro atoms. The number of likely N-dealkylation sites (tertiary alicyclic amines) is 1. The summed E-state index contributed by atoms with van der Waals surface area (Å²) < 4.78 is 11.8. The topological polar surface area (TPSA) is 81.9 Å². The number of fused-ring (bicyclic) bond motifs is 1. The van der Waals surface area contributed by atoms with Crippen molar-refractivity contribution < 1.29 is 19.1 Å². The number of halogens is 1. The normalized spacial score (nSPS) is 23.3. The van der Waals surface area contributed by atoms with Crippen LogP contribution in [0.25, 0.3) is 0 Å². The maximum Gasteiger partial charge on any atom is 0.314 e. The van der Waals surface area contributed by atoms with Crippen molar-refractivity contribution in [1.29, 1.82) is 0 Å². The van der Waals surface area contributed by atoms with Crippen molar-refractivity contribution in [2.24, 2.45) is 5.73 Å². The summed E-state index contributed by atoms with van der Waals surface area (Å²) in [5.74, 6) is -0.107. The number of hydrogen-bond acceptors (Lipinski definition) is 4. The van der Waals surface area contributed by atoms with Crippen LogP contribution in [0, 0.1) is 6.92 Å². The van der Waals surface area contributed by atoms with Gasteiger partial charge < -0.3 is 20.1 Å². The maximum atomic E-state index is 13.2. The predicted molar refractivity (Wildman–Crippen MR) is 114 cm³/mol. The average molecular weight is 429 g/mol. The third kappa shape index (κ3) is 4.10. The van der Waals surface area contributed by atoms with E-state index in [0.717, 1.165) is 22.4 Å². The Morgan fingerprint density at radius 1 is 1.20 bits per heavy atom. The number of nitrogens with two attached hydrogens (primary N) is 1. The Morgan fingerprint density at radius 2 is 1.97 bits per heavy atom. The highest BCUT2D eigenvalue weighted by Crippen LogP contribution is 2.40. The standard InChI is InChI=1S/C23H25ClN2O4/c1-14-11-16(24)12-18-17(8-10-29-21(14)18)22(27)30-20-7-9-26(23(25)28)13-19(20)15-5-3-2-4-6-15/h2-6,11-12,17,19-20H,7-10,13H2,1H3,(H2,25,28). The monoisotopic (exact) mass is 428 g/mol. The lowest BCUT2D eigenvalue weighted by Crippen LogP contribution is -2.48. The zero-order valence-electron chi connectivity index (χ0n) is 16.8. The van der Waals surface area contributed by atoms with Crippen LogP contribution >= 0.6 is 11.6 Å². The molecule has 1 saturated heterocycles. The minimum absolute atomic E-state index is 0.128. The first-order chi connectivity index (χ1) is 14.4. The quantitative estimate of drug-likeness (QED) is 0.749. The molecule has 0 bridgehead atoms. The van der Waals surface area contributed by atoms with E-state index < -0.39 is 11.9 Å². The van der Waals surface area contributed by atoms with Crippen LogP contribution in [0.5, 0.6) is 5.75 Å². The van der Waals surface area contributed by atoms with Crippen molar-refractivity contribution in [2.45, 2.75) is 37.7 Å². The Hall–Kier alpha value is -2.73. The highest BCUT2D eigenvalue weighted by molar-refractivity contribution is 6.30. The van der Waals surface area contributed by atoms with Crippen LogP contribution in [0.1, 0.15) is 41.4 Å². The molecule has 4 rings (SSSR count). The molecule has 3 atom stereocenters. The highest BCUT2D eigenvalue weighted by Gasteiger charge is 2.37. The van der Waals surface area contributed by atoms with Gasteiger partial charge in [0.1, 0.15) is 11.9 Å². The number of hydrogen-bond donors (Lipinski definition) is 1. The van der Waals surface area contributed by atoms with Gasteiger partial charge in [-0.2, -0.15) is 0 Å². The molecular formula is C23H25ClN2O4. The number of rotatable bonds is 3. The van der Waals surface area contributed by atoms with Crippen LogP contribution < -0.4 is 10.5 Å². The van der Waals surface area contributed by atoms with E-state index in [1.165, 1.54) is 0 Å². The van der Waals surface area contributed by atoms with Gasteiger partial charge in [0.2, 0.25) is 0 Å². The van der Waals surface area contributed by atoms with E-state index in [0.29, 0.717) is 37.6 Å². The number of primary amides is 1. The fourth-order valence-electron chi connectivity index (χ4n) is 4.41. The van der Waals surface area contributed by atoms with Crippen molar-refractivity contribution >= 4 is 23.6 Å². The van der Waals surface area contributed by atoms with Gasteiger partial charge in [-0.15, -0.1) is 0 Å². The van der Waals surface area contributed by atoms with E-state index in [1.807, 2.05) is 43.3 Å². The molecule has 2 amide bonds. The SMILES string of the molecule is Cc1cc(Cl)cc2c1OCCC2C(=O)OC1CCN(C(N)=O)CC1c1ccccc1. The van der Waals surface area contributed by atoms with Crippen molar-refractivity contribution in [3.05, 3.63) is 64.2 Å². The Labute approximate surface area is 180 Å². The molecule has 2 heterocycles. The maximum absolute atomic E-state index is 13.2. The molecule has 0 saturated carbocycles. The zero-order valence-corrected chi connectivity index (χ0v) is 17.6. The molecule has 6 nitrogen and oxygen atoms in total. The number of carbonyl (C=O) groups is 2. The summed E-state index contributed by atoms with van der Waals surface area (Å²) >= 11 is 6.24. The number of aryl methyl sites for hydroxylation is 1. The first kappa shape index (κ1) is 20.5. The minimum Gasteiger partial charge on any atom is -0.493 e. The molecule has 0 radical (unpaired) electrons. The first-order valence-corrected chi connectivity index (χ1v) is 10.5. The van der Waals surface area contributed by atoms with E-state index in [9.17, 15) is 9.59 Å². The number of benzene rings is 2. The Morgan fingerprint density at radius 3 is 2.70 bits per heavy atom. The van der Waals surface area contributed by atoms with Gasteiger partial charge in [-0.3, -0.25) is 4.79 Å². The molecule has 2 aromatic rings. The Bertz CT molecular complexity index is 950. The molecule has 0 aliphatic carbocycles. The number of urea groups is 1. The van der Waals surface area contributed by atoms with E-state index in [-0.39, 0.29) is 18.0 Å². The molecule has 158 valence electrons. The lowest BCUT2D eigenvalue weighted by molar-refractivity contribution is -0.154. The fraction of sp³-hybridized carbons (Fsp3) is 0.391. The smallest absolute Gasteiger partial charge is 0.314 e. The summed E-state index contributed by atoms with van der Waals surface area (Å²) in [6, 6.07) is 13.0. The largest absolute Gasteiger partial charge is 0.493 e. The molecule has 2 aliphatic rings. The second-order valence-electron chi connectivity index (χ2n) is 7.90. The van der Waals surface area contributed by atoms with Crippen LogP contribution in [-0.2, 0) is 9.53 Å². The van der Waals surface area contributed by atoms with Crippen LogP contribution in [0.15, 0.2) is 42.5 Å². The summed E-state index contributed by atoms with van der Waals surface area (Å²) in [6.07, 6.45) is 0.753.